The Morgan fingerprint density at radius 3 is 0.846 bits per heavy atom. The van der Waals surface area contributed by atoms with Crippen LogP contribution >= 0.6 is 0 Å². The molecule has 222 valence electrons. The molecule has 0 aromatic heterocycles. The van der Waals surface area contributed by atoms with E-state index in [4.69, 9.17) is 14.2 Å². The lowest BCUT2D eigenvalue weighted by atomic mass is 9.99. The Morgan fingerprint density at radius 1 is 0.487 bits per heavy atom. The topological polar surface area (TPSA) is 151 Å². The summed E-state index contributed by atoms with van der Waals surface area (Å²) in [4.78, 5) is 37.7. The Bertz CT molecular complexity index is 872. The number of carbonyl (C=O) groups is 3. The van der Waals surface area contributed by atoms with Gasteiger partial charge in [-0.25, -0.2) is 14.4 Å². The third-order valence-electron chi connectivity index (χ3n) is 5.00. The highest BCUT2D eigenvalue weighted by atomic mass is 16.5. The summed E-state index contributed by atoms with van der Waals surface area (Å²) >= 11 is 0. The number of nitrogens with one attached hydrogen (secondary N) is 6. The Morgan fingerprint density at radius 2 is 0.692 bits per heavy atom. The van der Waals surface area contributed by atoms with Crippen LogP contribution in [-0.4, -0.2) is 56.0 Å². The minimum atomic E-state index is -0.441. The zero-order chi connectivity index (χ0) is 30.2. The third-order valence-corrected chi connectivity index (χ3v) is 5.00. The molecule has 1 aromatic rings. The van der Waals surface area contributed by atoms with Gasteiger partial charge in [0.2, 0.25) is 0 Å². The standard InChI is InChI=1S/C27H48N6O6/c1-25(2,3)31-22(34)28-13-16-19(37-10)17(14-29-23(35)32-26(4,5)6)21(39-12)18(20(16)38-11)15-30-24(36)33-27(7,8)9/h13-15H2,1-12H3,(H2,28,31,34)(H2,29,32,35)(H2,30,33,36). The van der Waals surface area contributed by atoms with Gasteiger partial charge in [0, 0.05) is 16.6 Å². The van der Waals surface area contributed by atoms with Crippen molar-refractivity contribution in [2.45, 2.75) is 98.6 Å². The zero-order valence-corrected chi connectivity index (χ0v) is 25.6. The van der Waals surface area contributed by atoms with Crippen LogP contribution in [0.15, 0.2) is 0 Å². The average Bonchev–Trinajstić information content (AvgIpc) is 2.75. The van der Waals surface area contributed by atoms with Gasteiger partial charge in [-0.15, -0.1) is 0 Å². The molecule has 39 heavy (non-hydrogen) atoms. The Kier molecular flexibility index (Phi) is 11.6. The maximum atomic E-state index is 12.6. The van der Waals surface area contributed by atoms with E-state index in [1.54, 1.807) is 0 Å². The molecule has 0 aliphatic carbocycles. The first-order valence-electron chi connectivity index (χ1n) is 12.8. The summed E-state index contributed by atoms with van der Waals surface area (Å²) in [5.41, 5.74) is 0.234. The molecular formula is C27H48N6O6. The molecule has 0 aliphatic heterocycles. The van der Waals surface area contributed by atoms with Crippen LogP contribution in [0.2, 0.25) is 0 Å². The van der Waals surface area contributed by atoms with Crippen LogP contribution in [0, 0.1) is 0 Å². The van der Waals surface area contributed by atoms with Crippen molar-refractivity contribution in [3.8, 4) is 17.2 Å². The van der Waals surface area contributed by atoms with Crippen LogP contribution in [0.4, 0.5) is 14.4 Å². The molecule has 0 fully saturated rings. The third kappa shape index (κ3) is 11.4. The molecule has 6 amide bonds. The van der Waals surface area contributed by atoms with Gasteiger partial charge in [0.25, 0.3) is 0 Å². The molecular weight excluding hydrogens is 504 g/mol. The fraction of sp³-hybridized carbons (Fsp3) is 0.667. The second kappa shape index (κ2) is 13.5. The van der Waals surface area contributed by atoms with Crippen LogP contribution in [0.3, 0.4) is 0 Å². The predicted molar refractivity (Wildman–Crippen MR) is 151 cm³/mol. The Hall–Kier alpha value is -3.57. The molecule has 12 heteroatoms. The van der Waals surface area contributed by atoms with Gasteiger partial charge in [-0.2, -0.15) is 0 Å². The number of hydrogen-bond donors (Lipinski definition) is 6. The van der Waals surface area contributed by atoms with Crippen LogP contribution in [0.5, 0.6) is 17.2 Å². The molecule has 0 unspecified atom stereocenters. The molecule has 0 bridgehead atoms. The van der Waals surface area contributed by atoms with Crippen molar-refractivity contribution in [3.05, 3.63) is 16.7 Å². The first kappa shape index (κ1) is 33.5. The van der Waals surface area contributed by atoms with Gasteiger partial charge in [0.05, 0.1) is 57.7 Å². The quantitative estimate of drug-likeness (QED) is 0.276. The van der Waals surface area contributed by atoms with E-state index < -0.39 is 16.6 Å². The molecule has 0 saturated heterocycles. The summed E-state index contributed by atoms with van der Waals surface area (Å²) in [5, 5.41) is 17.1. The summed E-state index contributed by atoms with van der Waals surface area (Å²) in [6, 6.07) is -1.14. The minimum Gasteiger partial charge on any atom is -0.496 e. The molecule has 0 saturated carbocycles. The lowest BCUT2D eigenvalue weighted by Gasteiger charge is -2.26. The van der Waals surface area contributed by atoms with Crippen molar-refractivity contribution in [2.75, 3.05) is 21.3 Å². The fourth-order valence-electron chi connectivity index (χ4n) is 3.74. The lowest BCUT2D eigenvalue weighted by molar-refractivity contribution is 0.230. The first-order valence-corrected chi connectivity index (χ1v) is 12.8. The highest BCUT2D eigenvalue weighted by molar-refractivity contribution is 5.77. The van der Waals surface area contributed by atoms with E-state index in [9.17, 15) is 14.4 Å². The van der Waals surface area contributed by atoms with Gasteiger partial charge in [-0.05, 0) is 62.3 Å². The molecule has 0 atom stereocenters. The van der Waals surface area contributed by atoms with Crippen molar-refractivity contribution in [1.82, 2.24) is 31.9 Å². The van der Waals surface area contributed by atoms with Crippen LogP contribution in [0.25, 0.3) is 0 Å². The first-order chi connectivity index (χ1) is 17.8. The van der Waals surface area contributed by atoms with E-state index in [0.717, 1.165) is 0 Å². The van der Waals surface area contributed by atoms with Crippen LogP contribution in [0.1, 0.15) is 79.0 Å². The lowest BCUT2D eigenvalue weighted by Crippen LogP contribution is -2.46. The highest BCUT2D eigenvalue weighted by Crippen LogP contribution is 2.43. The zero-order valence-electron chi connectivity index (χ0n) is 25.6. The van der Waals surface area contributed by atoms with Gasteiger partial charge in [0.15, 0.2) is 0 Å². The summed E-state index contributed by atoms with van der Waals surface area (Å²) in [6.07, 6.45) is 0. The molecule has 0 spiro atoms. The Labute approximate surface area is 232 Å². The fourth-order valence-corrected chi connectivity index (χ4v) is 3.74. The number of carbonyl (C=O) groups excluding carboxylic acids is 3. The monoisotopic (exact) mass is 552 g/mol. The molecule has 1 rings (SSSR count). The number of methoxy groups -OCH3 is 3. The summed E-state index contributed by atoms with van der Waals surface area (Å²) in [7, 11) is 4.46. The number of ether oxygens (including phenoxy) is 3. The average molecular weight is 553 g/mol. The van der Waals surface area contributed by atoms with Crippen LogP contribution in [-0.2, 0) is 19.6 Å². The number of hydrogen-bond acceptors (Lipinski definition) is 6. The van der Waals surface area contributed by atoms with Gasteiger partial charge >= 0.3 is 18.1 Å². The highest BCUT2D eigenvalue weighted by Gasteiger charge is 2.28. The van der Waals surface area contributed by atoms with E-state index >= 15 is 0 Å². The number of urea groups is 3. The normalized spacial score (nSPS) is 11.7. The Balaban J connectivity index is 3.59. The number of amides is 6. The smallest absolute Gasteiger partial charge is 0.315 e. The summed E-state index contributed by atoms with van der Waals surface area (Å²) < 4.78 is 17.3. The van der Waals surface area contributed by atoms with Gasteiger partial charge < -0.3 is 46.1 Å². The van der Waals surface area contributed by atoms with E-state index in [1.165, 1.54) is 21.3 Å². The van der Waals surface area contributed by atoms with Gasteiger partial charge in [-0.3, -0.25) is 0 Å². The summed E-state index contributed by atoms with van der Waals surface area (Å²) in [6.45, 7) is 17.0. The van der Waals surface area contributed by atoms with Crippen LogP contribution < -0.4 is 46.1 Å². The van der Waals surface area contributed by atoms with Crippen molar-refractivity contribution < 1.29 is 28.6 Å². The van der Waals surface area contributed by atoms with Crippen molar-refractivity contribution in [2.24, 2.45) is 0 Å². The van der Waals surface area contributed by atoms with Gasteiger partial charge in [-0.1, -0.05) is 0 Å². The minimum absolute atomic E-state index is 0.0423. The largest absolute Gasteiger partial charge is 0.496 e. The van der Waals surface area contributed by atoms with E-state index in [2.05, 4.69) is 31.9 Å². The molecule has 0 radical (unpaired) electrons. The van der Waals surface area contributed by atoms with Crippen molar-refractivity contribution >= 4 is 18.1 Å². The van der Waals surface area contributed by atoms with E-state index in [1.807, 2.05) is 62.3 Å². The maximum Gasteiger partial charge on any atom is 0.315 e. The number of rotatable bonds is 9. The molecule has 0 heterocycles. The van der Waals surface area contributed by atoms with Crippen molar-refractivity contribution in [3.63, 3.8) is 0 Å². The predicted octanol–water partition coefficient (Wildman–Crippen LogP) is 3.51. The number of benzene rings is 1. The van der Waals surface area contributed by atoms with Gasteiger partial charge in [0.1, 0.15) is 17.2 Å². The molecule has 1 aromatic carbocycles. The SMILES string of the molecule is COc1c(CNC(=O)NC(C)(C)C)c(OC)c(CNC(=O)NC(C)(C)C)c(OC)c1CNC(=O)NC(C)(C)C. The molecule has 0 aliphatic rings. The molecule has 6 N–H and O–H groups in total. The molecule has 12 nitrogen and oxygen atoms in total. The van der Waals surface area contributed by atoms with Crippen molar-refractivity contribution in [1.29, 1.82) is 0 Å². The summed E-state index contributed by atoms with van der Waals surface area (Å²) in [5.74, 6) is 1.12. The van der Waals surface area contributed by atoms with E-state index in [-0.39, 0.29) is 37.7 Å². The second-order valence-electron chi connectivity index (χ2n) is 12.2. The second-order valence-corrected chi connectivity index (χ2v) is 12.2. The maximum absolute atomic E-state index is 12.6. The van der Waals surface area contributed by atoms with E-state index in [0.29, 0.717) is 33.9 Å².